The molecule has 0 aliphatic carbocycles. The van der Waals surface area contributed by atoms with Crippen LogP contribution in [0.25, 0.3) is 10.2 Å². The Labute approximate surface area is 138 Å². The van der Waals surface area contributed by atoms with Crippen molar-refractivity contribution in [2.75, 3.05) is 31.6 Å². The molecule has 0 saturated carbocycles. The lowest BCUT2D eigenvalue weighted by Crippen LogP contribution is -2.48. The zero-order valence-electron chi connectivity index (χ0n) is 13.0. The van der Waals surface area contributed by atoms with Crippen LogP contribution in [0, 0.1) is 6.92 Å². The molecule has 0 unspecified atom stereocenters. The standard InChI is InChI=1S/C16H19N3O3S/c1-11-17-13-3-2-12(10-14(13)23-11)18-15(20)19-6-4-16(5-7-19)21-8-9-22-16/h2-3,10H,4-9H2,1H3,(H,18,20). The maximum Gasteiger partial charge on any atom is 0.321 e. The summed E-state index contributed by atoms with van der Waals surface area (Å²) in [5, 5.41) is 4.01. The molecule has 7 heteroatoms. The van der Waals surface area contributed by atoms with Gasteiger partial charge in [0.2, 0.25) is 0 Å². The lowest BCUT2D eigenvalue weighted by atomic mass is 10.0. The summed E-state index contributed by atoms with van der Waals surface area (Å²) >= 11 is 1.63. The molecule has 0 atom stereocenters. The van der Waals surface area contributed by atoms with Crippen molar-refractivity contribution in [2.24, 2.45) is 0 Å². The van der Waals surface area contributed by atoms with Crippen LogP contribution in [0.4, 0.5) is 10.5 Å². The largest absolute Gasteiger partial charge is 0.347 e. The second-order valence-corrected chi connectivity index (χ2v) is 7.17. The zero-order chi connectivity index (χ0) is 15.9. The first-order valence-electron chi connectivity index (χ1n) is 7.85. The van der Waals surface area contributed by atoms with E-state index in [1.165, 1.54) is 0 Å². The highest BCUT2D eigenvalue weighted by Crippen LogP contribution is 2.31. The van der Waals surface area contributed by atoms with Crippen LogP contribution in [0.3, 0.4) is 0 Å². The van der Waals surface area contributed by atoms with Crippen molar-refractivity contribution in [3.8, 4) is 0 Å². The lowest BCUT2D eigenvalue weighted by molar-refractivity contribution is -0.181. The predicted octanol–water partition coefficient (Wildman–Crippen LogP) is 2.98. The minimum atomic E-state index is -0.449. The van der Waals surface area contributed by atoms with Gasteiger partial charge >= 0.3 is 6.03 Å². The van der Waals surface area contributed by atoms with Gasteiger partial charge in [0, 0.05) is 31.6 Å². The van der Waals surface area contributed by atoms with Crippen LogP contribution < -0.4 is 5.32 Å². The molecule has 2 saturated heterocycles. The molecular weight excluding hydrogens is 314 g/mol. The van der Waals surface area contributed by atoms with Gasteiger partial charge < -0.3 is 19.7 Å². The molecule has 0 bridgehead atoms. The van der Waals surface area contributed by atoms with Crippen LogP contribution in [0.2, 0.25) is 0 Å². The maximum atomic E-state index is 12.4. The van der Waals surface area contributed by atoms with E-state index >= 15 is 0 Å². The quantitative estimate of drug-likeness (QED) is 0.871. The summed E-state index contributed by atoms with van der Waals surface area (Å²) in [5.41, 5.74) is 1.78. The summed E-state index contributed by atoms with van der Waals surface area (Å²) in [7, 11) is 0. The molecule has 1 N–H and O–H groups in total. The summed E-state index contributed by atoms with van der Waals surface area (Å²) in [4.78, 5) is 18.7. The van der Waals surface area contributed by atoms with Crippen LogP contribution in [-0.4, -0.2) is 48.0 Å². The number of ether oxygens (including phenoxy) is 2. The second kappa shape index (κ2) is 5.74. The van der Waals surface area contributed by atoms with Crippen molar-refractivity contribution >= 4 is 33.3 Å². The van der Waals surface area contributed by atoms with Gasteiger partial charge in [-0.3, -0.25) is 0 Å². The number of fused-ring (bicyclic) bond motifs is 1. The van der Waals surface area contributed by atoms with Gasteiger partial charge in [-0.25, -0.2) is 9.78 Å². The Morgan fingerprint density at radius 3 is 2.78 bits per heavy atom. The van der Waals surface area contributed by atoms with Crippen LogP contribution in [0.1, 0.15) is 17.8 Å². The summed E-state index contributed by atoms with van der Waals surface area (Å²) in [5.74, 6) is -0.449. The molecule has 0 radical (unpaired) electrons. The van der Waals surface area contributed by atoms with E-state index in [1.54, 1.807) is 11.3 Å². The summed E-state index contributed by atoms with van der Waals surface area (Å²) in [6, 6.07) is 5.75. The molecule has 6 nitrogen and oxygen atoms in total. The Hall–Kier alpha value is -1.70. The van der Waals surface area contributed by atoms with E-state index in [9.17, 15) is 4.79 Å². The number of aromatic nitrogens is 1. The lowest BCUT2D eigenvalue weighted by Gasteiger charge is -2.37. The second-order valence-electron chi connectivity index (χ2n) is 5.94. The Morgan fingerprint density at radius 2 is 2.04 bits per heavy atom. The summed E-state index contributed by atoms with van der Waals surface area (Å²) in [6.07, 6.45) is 1.46. The molecule has 4 rings (SSSR count). The van der Waals surface area contributed by atoms with Crippen molar-refractivity contribution in [1.29, 1.82) is 0 Å². The predicted molar refractivity (Wildman–Crippen MR) is 88.8 cm³/mol. The van der Waals surface area contributed by atoms with Crippen molar-refractivity contribution in [3.63, 3.8) is 0 Å². The molecule has 2 aliphatic rings. The number of hydrogen-bond acceptors (Lipinski definition) is 5. The normalized spacial score (nSPS) is 20.3. The Morgan fingerprint density at radius 1 is 1.30 bits per heavy atom. The Bertz CT molecular complexity index is 729. The number of carbonyl (C=O) groups is 1. The third-order valence-corrected chi connectivity index (χ3v) is 5.31. The first-order valence-corrected chi connectivity index (χ1v) is 8.66. The van der Waals surface area contributed by atoms with Gasteiger partial charge in [0.15, 0.2) is 5.79 Å². The number of thiazole rings is 1. The van der Waals surface area contributed by atoms with Gasteiger partial charge in [-0.05, 0) is 25.1 Å². The summed E-state index contributed by atoms with van der Waals surface area (Å²) < 4.78 is 12.5. The van der Waals surface area contributed by atoms with Gasteiger partial charge in [0.05, 0.1) is 28.4 Å². The molecule has 1 spiro atoms. The van der Waals surface area contributed by atoms with Gasteiger partial charge in [-0.2, -0.15) is 0 Å². The molecule has 2 aliphatic heterocycles. The van der Waals surface area contributed by atoms with E-state index in [1.807, 2.05) is 30.0 Å². The fourth-order valence-corrected chi connectivity index (χ4v) is 4.02. The smallest absolute Gasteiger partial charge is 0.321 e. The topological polar surface area (TPSA) is 63.7 Å². The molecule has 2 aromatic rings. The van der Waals surface area contributed by atoms with Crippen molar-refractivity contribution in [2.45, 2.75) is 25.6 Å². The highest BCUT2D eigenvalue weighted by Gasteiger charge is 2.40. The SMILES string of the molecule is Cc1nc2ccc(NC(=O)N3CCC4(CC3)OCCO4)cc2s1. The third kappa shape index (κ3) is 2.91. The molecule has 1 aromatic carbocycles. The zero-order valence-corrected chi connectivity index (χ0v) is 13.8. The Kier molecular flexibility index (Phi) is 3.71. The molecule has 23 heavy (non-hydrogen) atoms. The number of piperidine rings is 1. The number of likely N-dealkylation sites (tertiary alicyclic amines) is 1. The van der Waals surface area contributed by atoms with Crippen molar-refractivity contribution in [3.05, 3.63) is 23.2 Å². The molecule has 3 heterocycles. The molecule has 122 valence electrons. The first-order chi connectivity index (χ1) is 11.1. The maximum absolute atomic E-state index is 12.4. The van der Waals surface area contributed by atoms with E-state index in [-0.39, 0.29) is 6.03 Å². The number of carbonyl (C=O) groups excluding carboxylic acids is 1. The van der Waals surface area contributed by atoms with Crippen LogP contribution in [0.15, 0.2) is 18.2 Å². The third-order valence-electron chi connectivity index (χ3n) is 4.37. The van der Waals surface area contributed by atoms with Crippen LogP contribution >= 0.6 is 11.3 Å². The average Bonchev–Trinajstić information content (AvgIpc) is 3.13. The average molecular weight is 333 g/mol. The number of rotatable bonds is 1. The number of anilines is 1. The number of hydrogen-bond donors (Lipinski definition) is 1. The van der Waals surface area contributed by atoms with Gasteiger partial charge in [-0.15, -0.1) is 11.3 Å². The van der Waals surface area contributed by atoms with E-state index in [0.29, 0.717) is 26.3 Å². The number of nitrogens with zero attached hydrogens (tertiary/aromatic N) is 2. The van der Waals surface area contributed by atoms with E-state index in [4.69, 9.17) is 9.47 Å². The fraction of sp³-hybridized carbons (Fsp3) is 0.500. The fourth-order valence-electron chi connectivity index (χ4n) is 3.16. The molecule has 2 fully saturated rings. The van der Waals surface area contributed by atoms with E-state index in [0.717, 1.165) is 33.8 Å². The highest BCUT2D eigenvalue weighted by molar-refractivity contribution is 7.18. The monoisotopic (exact) mass is 333 g/mol. The van der Waals surface area contributed by atoms with Crippen LogP contribution in [0.5, 0.6) is 0 Å². The number of nitrogens with one attached hydrogen (secondary N) is 1. The molecule has 1 aromatic heterocycles. The number of aryl methyl sites for hydroxylation is 1. The van der Waals surface area contributed by atoms with Gasteiger partial charge in [0.1, 0.15) is 0 Å². The molecule has 2 amide bonds. The van der Waals surface area contributed by atoms with E-state index < -0.39 is 5.79 Å². The van der Waals surface area contributed by atoms with Crippen molar-refractivity contribution < 1.29 is 14.3 Å². The van der Waals surface area contributed by atoms with E-state index in [2.05, 4.69) is 10.3 Å². The van der Waals surface area contributed by atoms with Crippen molar-refractivity contribution in [1.82, 2.24) is 9.88 Å². The number of urea groups is 1. The summed E-state index contributed by atoms with van der Waals surface area (Å²) in [6.45, 7) is 4.59. The molecular formula is C16H19N3O3S. The Balaban J connectivity index is 1.41. The minimum absolute atomic E-state index is 0.0709. The minimum Gasteiger partial charge on any atom is -0.347 e. The van der Waals surface area contributed by atoms with Gasteiger partial charge in [-0.1, -0.05) is 0 Å². The highest BCUT2D eigenvalue weighted by atomic mass is 32.1. The first kappa shape index (κ1) is 14.9. The number of benzene rings is 1. The van der Waals surface area contributed by atoms with Crippen LogP contribution in [-0.2, 0) is 9.47 Å². The van der Waals surface area contributed by atoms with Gasteiger partial charge in [0.25, 0.3) is 0 Å². The number of amides is 2.